The summed E-state index contributed by atoms with van der Waals surface area (Å²) < 4.78 is 11.3. The molecule has 1 fully saturated rings. The predicted molar refractivity (Wildman–Crippen MR) is 106 cm³/mol. The predicted octanol–water partition coefficient (Wildman–Crippen LogP) is 3.28. The number of rotatable bonds is 9. The zero-order chi connectivity index (χ0) is 18.9. The van der Waals surface area contributed by atoms with E-state index in [1.165, 1.54) is 6.42 Å². The number of nitrogens with one attached hydrogen (secondary N) is 2. The van der Waals surface area contributed by atoms with E-state index in [0.29, 0.717) is 37.0 Å². The summed E-state index contributed by atoms with van der Waals surface area (Å²) in [6, 6.07) is 15.8. The van der Waals surface area contributed by atoms with Gasteiger partial charge in [-0.25, -0.2) is 0 Å². The topological polar surface area (TPSA) is 59.6 Å². The Morgan fingerprint density at radius 2 is 2.00 bits per heavy atom. The molecule has 1 amide bonds. The number of benzene rings is 2. The minimum absolute atomic E-state index is 0.102. The molecule has 27 heavy (non-hydrogen) atoms. The Hall–Kier alpha value is -2.53. The first-order valence-corrected chi connectivity index (χ1v) is 9.55. The van der Waals surface area contributed by atoms with Gasteiger partial charge in [-0.2, -0.15) is 0 Å². The van der Waals surface area contributed by atoms with Gasteiger partial charge in [-0.1, -0.05) is 36.4 Å². The van der Waals surface area contributed by atoms with Crippen molar-refractivity contribution >= 4 is 5.91 Å². The van der Waals surface area contributed by atoms with Crippen LogP contribution in [0.25, 0.3) is 0 Å². The van der Waals surface area contributed by atoms with Crippen molar-refractivity contribution < 1.29 is 14.3 Å². The molecule has 5 nitrogen and oxygen atoms in total. The highest BCUT2D eigenvalue weighted by molar-refractivity contribution is 5.75. The summed E-state index contributed by atoms with van der Waals surface area (Å²) >= 11 is 0. The van der Waals surface area contributed by atoms with Crippen LogP contribution in [0.15, 0.2) is 48.5 Å². The van der Waals surface area contributed by atoms with Gasteiger partial charge in [0.15, 0.2) is 11.5 Å². The fraction of sp³-hybridized carbons (Fsp3) is 0.409. The van der Waals surface area contributed by atoms with Crippen molar-refractivity contribution in [3.8, 4) is 11.5 Å². The van der Waals surface area contributed by atoms with Crippen LogP contribution in [0.5, 0.6) is 11.5 Å². The fourth-order valence-electron chi connectivity index (χ4n) is 3.26. The van der Waals surface area contributed by atoms with Crippen molar-refractivity contribution in [3.63, 3.8) is 0 Å². The molecule has 1 aliphatic rings. The van der Waals surface area contributed by atoms with Crippen molar-refractivity contribution in [1.29, 1.82) is 0 Å². The van der Waals surface area contributed by atoms with E-state index in [0.717, 1.165) is 30.6 Å². The fourth-order valence-corrected chi connectivity index (χ4v) is 3.26. The first-order chi connectivity index (χ1) is 13.2. The molecule has 0 aliphatic carbocycles. The van der Waals surface area contributed by atoms with Crippen molar-refractivity contribution in [2.24, 2.45) is 5.92 Å². The van der Waals surface area contributed by atoms with Crippen LogP contribution < -0.4 is 20.1 Å². The molecule has 1 unspecified atom stereocenters. The molecule has 0 spiro atoms. The highest BCUT2D eigenvalue weighted by Gasteiger charge is 2.15. The lowest BCUT2D eigenvalue weighted by molar-refractivity contribution is -0.121. The quantitative estimate of drug-likeness (QED) is 0.713. The largest absolute Gasteiger partial charge is 0.493 e. The van der Waals surface area contributed by atoms with E-state index in [4.69, 9.17) is 9.47 Å². The van der Waals surface area contributed by atoms with Crippen molar-refractivity contribution in [2.45, 2.75) is 32.4 Å². The summed E-state index contributed by atoms with van der Waals surface area (Å²) in [5.74, 6) is 2.11. The van der Waals surface area contributed by atoms with Gasteiger partial charge in [0.1, 0.15) is 6.61 Å². The van der Waals surface area contributed by atoms with Gasteiger partial charge in [0.25, 0.3) is 0 Å². The van der Waals surface area contributed by atoms with E-state index < -0.39 is 0 Å². The van der Waals surface area contributed by atoms with Crippen LogP contribution in [0.1, 0.15) is 30.4 Å². The Balaban J connectivity index is 1.48. The summed E-state index contributed by atoms with van der Waals surface area (Å²) in [6.07, 6.45) is 2.71. The molecule has 1 saturated heterocycles. The Labute approximate surface area is 161 Å². The standard InChI is InChI=1S/C22H28N2O3/c1-26-21-13-19(15-24-22(25)10-8-17-11-12-23-14-17)7-9-20(21)27-16-18-5-3-2-4-6-18/h2-7,9,13,17,23H,8,10-12,14-16H2,1H3,(H,24,25). The zero-order valence-electron chi connectivity index (χ0n) is 15.9. The first kappa shape index (κ1) is 19.2. The molecule has 0 bridgehead atoms. The van der Waals surface area contributed by atoms with E-state index >= 15 is 0 Å². The lowest BCUT2D eigenvalue weighted by Crippen LogP contribution is -2.23. The third kappa shape index (κ3) is 6.00. The molecule has 1 heterocycles. The van der Waals surface area contributed by atoms with E-state index in [-0.39, 0.29) is 5.91 Å². The molecule has 0 saturated carbocycles. The average molecular weight is 368 g/mol. The molecule has 2 N–H and O–H groups in total. The molecule has 3 rings (SSSR count). The third-order valence-electron chi connectivity index (χ3n) is 4.90. The second kappa shape index (κ2) is 9.97. The summed E-state index contributed by atoms with van der Waals surface area (Å²) in [4.78, 5) is 12.1. The van der Waals surface area contributed by atoms with Gasteiger partial charge in [-0.05, 0) is 55.1 Å². The van der Waals surface area contributed by atoms with Gasteiger partial charge in [-0.3, -0.25) is 4.79 Å². The smallest absolute Gasteiger partial charge is 0.220 e. The Morgan fingerprint density at radius 3 is 2.74 bits per heavy atom. The number of hydrogen-bond donors (Lipinski definition) is 2. The number of amides is 1. The minimum atomic E-state index is 0.102. The van der Waals surface area contributed by atoms with Crippen LogP contribution in [-0.4, -0.2) is 26.1 Å². The Morgan fingerprint density at radius 1 is 1.15 bits per heavy atom. The SMILES string of the molecule is COc1cc(CNC(=O)CCC2CCNC2)ccc1OCc1ccccc1. The van der Waals surface area contributed by atoms with Gasteiger partial charge in [0.05, 0.1) is 7.11 Å². The van der Waals surface area contributed by atoms with Crippen LogP contribution in [0.3, 0.4) is 0 Å². The molecule has 2 aromatic rings. The molecular formula is C22H28N2O3. The second-order valence-electron chi connectivity index (χ2n) is 6.93. The summed E-state index contributed by atoms with van der Waals surface area (Å²) in [6.45, 7) is 3.10. The monoisotopic (exact) mass is 368 g/mol. The summed E-state index contributed by atoms with van der Waals surface area (Å²) in [5.41, 5.74) is 2.10. The molecule has 1 aliphatic heterocycles. The summed E-state index contributed by atoms with van der Waals surface area (Å²) in [5, 5.41) is 6.33. The van der Waals surface area contributed by atoms with Crippen LogP contribution in [0.4, 0.5) is 0 Å². The van der Waals surface area contributed by atoms with E-state index in [2.05, 4.69) is 10.6 Å². The van der Waals surface area contributed by atoms with Crippen LogP contribution >= 0.6 is 0 Å². The number of carbonyl (C=O) groups is 1. The molecule has 0 aromatic heterocycles. The molecule has 5 heteroatoms. The van der Waals surface area contributed by atoms with E-state index in [1.807, 2.05) is 48.5 Å². The van der Waals surface area contributed by atoms with Gasteiger partial charge in [-0.15, -0.1) is 0 Å². The first-order valence-electron chi connectivity index (χ1n) is 9.55. The zero-order valence-corrected chi connectivity index (χ0v) is 15.9. The van der Waals surface area contributed by atoms with Gasteiger partial charge < -0.3 is 20.1 Å². The normalized spacial score (nSPS) is 16.1. The highest BCUT2D eigenvalue weighted by Crippen LogP contribution is 2.29. The second-order valence-corrected chi connectivity index (χ2v) is 6.93. The molecule has 144 valence electrons. The molecule has 1 atom stereocenters. The van der Waals surface area contributed by atoms with Crippen molar-refractivity contribution in [1.82, 2.24) is 10.6 Å². The third-order valence-corrected chi connectivity index (χ3v) is 4.90. The number of ether oxygens (including phenoxy) is 2. The van der Waals surface area contributed by atoms with Crippen molar-refractivity contribution in [2.75, 3.05) is 20.2 Å². The molecule has 0 radical (unpaired) electrons. The highest BCUT2D eigenvalue weighted by atomic mass is 16.5. The van der Waals surface area contributed by atoms with Gasteiger partial charge >= 0.3 is 0 Å². The van der Waals surface area contributed by atoms with E-state index in [9.17, 15) is 4.79 Å². The lowest BCUT2D eigenvalue weighted by Gasteiger charge is -2.13. The van der Waals surface area contributed by atoms with Crippen LogP contribution in [0, 0.1) is 5.92 Å². The maximum atomic E-state index is 12.1. The number of methoxy groups -OCH3 is 1. The Kier molecular flexibility index (Phi) is 7.11. The number of carbonyl (C=O) groups excluding carboxylic acids is 1. The minimum Gasteiger partial charge on any atom is -0.493 e. The van der Waals surface area contributed by atoms with Gasteiger partial charge in [0, 0.05) is 13.0 Å². The molecule has 2 aromatic carbocycles. The Bertz CT molecular complexity index is 728. The average Bonchev–Trinajstić information content (AvgIpc) is 3.24. The van der Waals surface area contributed by atoms with Crippen molar-refractivity contribution in [3.05, 3.63) is 59.7 Å². The lowest BCUT2D eigenvalue weighted by atomic mass is 10.0. The number of hydrogen-bond acceptors (Lipinski definition) is 4. The maximum absolute atomic E-state index is 12.1. The summed E-state index contributed by atoms with van der Waals surface area (Å²) in [7, 11) is 1.63. The van der Waals surface area contributed by atoms with Gasteiger partial charge in [0.2, 0.25) is 5.91 Å². The van der Waals surface area contributed by atoms with Crippen LogP contribution in [0.2, 0.25) is 0 Å². The van der Waals surface area contributed by atoms with Crippen LogP contribution in [-0.2, 0) is 17.9 Å². The maximum Gasteiger partial charge on any atom is 0.220 e. The molecular weight excluding hydrogens is 340 g/mol. The van der Waals surface area contributed by atoms with E-state index in [1.54, 1.807) is 7.11 Å².